The Hall–Kier alpha value is -1.96. The molecule has 0 aliphatic rings. The number of halogens is 4. The minimum absolute atomic E-state index is 0.373. The maximum Gasteiger partial charge on any atom is 0.406 e. The Morgan fingerprint density at radius 1 is 1.24 bits per heavy atom. The van der Waals surface area contributed by atoms with Gasteiger partial charge in [0, 0.05) is 32.2 Å². The van der Waals surface area contributed by atoms with Crippen molar-refractivity contribution in [3.05, 3.63) is 34.9 Å². The van der Waals surface area contributed by atoms with Crippen molar-refractivity contribution in [2.45, 2.75) is 19.6 Å². The number of benzene rings is 1. The summed E-state index contributed by atoms with van der Waals surface area (Å²) in [7, 11) is 2.86. The molecule has 25 heavy (non-hydrogen) atoms. The number of hydrogen-bond donors (Lipinski definition) is 1. The normalized spacial score (nSPS) is 12.0. The molecule has 1 N–H and O–H groups in total. The molecule has 0 aromatic heterocycles. The monoisotopic (exact) mass is 378 g/mol. The predicted molar refractivity (Wildman–Crippen MR) is 92.6 cm³/mol. The molecule has 0 heterocycles. The van der Waals surface area contributed by atoms with Gasteiger partial charge >= 0.3 is 6.18 Å². The van der Waals surface area contributed by atoms with Gasteiger partial charge in [-0.15, -0.1) is 0 Å². The highest BCUT2D eigenvalue weighted by Gasteiger charge is 2.31. The van der Waals surface area contributed by atoms with Crippen LogP contribution in [0.4, 0.5) is 13.2 Å². The lowest BCUT2D eigenvalue weighted by Gasteiger charge is -2.23. The Morgan fingerprint density at radius 2 is 1.88 bits per heavy atom. The summed E-state index contributed by atoms with van der Waals surface area (Å²) < 4.78 is 37.0. The van der Waals surface area contributed by atoms with E-state index in [0.29, 0.717) is 29.0 Å². The van der Waals surface area contributed by atoms with Crippen LogP contribution in [0.5, 0.6) is 0 Å². The SMILES string of the molecule is CCNC(=NCC(=O)N(C)CC(F)(F)F)N(C)Cc1ccccc1Cl. The maximum atomic E-state index is 12.3. The van der Waals surface area contributed by atoms with Gasteiger partial charge in [-0.25, -0.2) is 4.99 Å². The van der Waals surface area contributed by atoms with E-state index in [9.17, 15) is 18.0 Å². The van der Waals surface area contributed by atoms with Crippen LogP contribution in [0.2, 0.25) is 5.02 Å². The van der Waals surface area contributed by atoms with E-state index in [4.69, 9.17) is 11.6 Å². The third kappa shape index (κ3) is 7.64. The van der Waals surface area contributed by atoms with Crippen LogP contribution in [0.1, 0.15) is 12.5 Å². The molecule has 9 heteroatoms. The number of carbonyl (C=O) groups excluding carboxylic acids is 1. The second-order valence-corrected chi connectivity index (χ2v) is 5.89. The number of alkyl halides is 3. The van der Waals surface area contributed by atoms with Gasteiger partial charge in [0.25, 0.3) is 0 Å². The van der Waals surface area contributed by atoms with Crippen LogP contribution in [0.3, 0.4) is 0 Å². The smallest absolute Gasteiger partial charge is 0.357 e. The van der Waals surface area contributed by atoms with E-state index in [1.54, 1.807) is 18.0 Å². The molecule has 0 saturated heterocycles. The number of likely N-dealkylation sites (N-methyl/N-ethyl adjacent to an activating group) is 1. The lowest BCUT2D eigenvalue weighted by Crippen LogP contribution is -2.41. The molecule has 1 aromatic carbocycles. The molecule has 0 saturated carbocycles. The molecule has 0 aliphatic carbocycles. The van der Waals surface area contributed by atoms with E-state index in [-0.39, 0.29) is 6.54 Å². The average Bonchev–Trinajstić information content (AvgIpc) is 2.51. The van der Waals surface area contributed by atoms with Gasteiger partial charge < -0.3 is 15.1 Å². The van der Waals surface area contributed by atoms with Crippen molar-refractivity contribution in [1.82, 2.24) is 15.1 Å². The molecule has 0 radical (unpaired) electrons. The number of carbonyl (C=O) groups is 1. The van der Waals surface area contributed by atoms with Crippen molar-refractivity contribution in [3.8, 4) is 0 Å². The van der Waals surface area contributed by atoms with Gasteiger partial charge in [0.1, 0.15) is 13.1 Å². The zero-order chi connectivity index (χ0) is 19.0. The molecule has 0 atom stereocenters. The zero-order valence-electron chi connectivity index (χ0n) is 14.4. The van der Waals surface area contributed by atoms with E-state index >= 15 is 0 Å². The number of hydrogen-bond acceptors (Lipinski definition) is 2. The third-order valence-corrected chi connectivity index (χ3v) is 3.64. The second kappa shape index (κ2) is 9.50. The van der Waals surface area contributed by atoms with Crippen LogP contribution in [-0.4, -0.2) is 61.6 Å². The van der Waals surface area contributed by atoms with Crippen molar-refractivity contribution in [1.29, 1.82) is 0 Å². The first-order valence-electron chi connectivity index (χ1n) is 7.67. The van der Waals surface area contributed by atoms with Crippen LogP contribution in [-0.2, 0) is 11.3 Å². The fraction of sp³-hybridized carbons (Fsp3) is 0.500. The molecule has 0 unspecified atom stereocenters. The summed E-state index contributed by atoms with van der Waals surface area (Å²) >= 11 is 6.13. The Kier molecular flexibility index (Phi) is 8.02. The molecule has 1 amide bonds. The minimum Gasteiger partial charge on any atom is -0.357 e. The van der Waals surface area contributed by atoms with Gasteiger partial charge in [-0.05, 0) is 18.6 Å². The zero-order valence-corrected chi connectivity index (χ0v) is 15.2. The first kappa shape index (κ1) is 21.1. The van der Waals surface area contributed by atoms with Crippen molar-refractivity contribution >= 4 is 23.5 Å². The Labute approximate surface area is 150 Å². The van der Waals surface area contributed by atoms with E-state index in [1.165, 1.54) is 0 Å². The van der Waals surface area contributed by atoms with Crippen LogP contribution in [0.25, 0.3) is 0 Å². The molecule has 0 fully saturated rings. The summed E-state index contributed by atoms with van der Waals surface area (Å²) in [6.45, 7) is 1.18. The fourth-order valence-electron chi connectivity index (χ4n) is 2.05. The summed E-state index contributed by atoms with van der Waals surface area (Å²) in [5.74, 6) is -0.296. The number of rotatable bonds is 6. The molecule has 0 spiro atoms. The number of amides is 1. The van der Waals surface area contributed by atoms with Crippen LogP contribution in [0.15, 0.2) is 29.3 Å². The Bertz CT molecular complexity index is 607. The highest BCUT2D eigenvalue weighted by atomic mass is 35.5. The van der Waals surface area contributed by atoms with Crippen molar-refractivity contribution in [3.63, 3.8) is 0 Å². The lowest BCUT2D eigenvalue weighted by atomic mass is 10.2. The summed E-state index contributed by atoms with van der Waals surface area (Å²) in [6.07, 6.45) is -4.43. The number of guanidine groups is 1. The van der Waals surface area contributed by atoms with Gasteiger partial charge in [0.05, 0.1) is 0 Å². The van der Waals surface area contributed by atoms with Crippen molar-refractivity contribution in [2.75, 3.05) is 33.7 Å². The van der Waals surface area contributed by atoms with E-state index < -0.39 is 18.6 Å². The van der Waals surface area contributed by atoms with E-state index in [1.807, 2.05) is 25.1 Å². The maximum absolute atomic E-state index is 12.3. The van der Waals surface area contributed by atoms with E-state index in [0.717, 1.165) is 12.6 Å². The third-order valence-electron chi connectivity index (χ3n) is 3.27. The summed E-state index contributed by atoms with van der Waals surface area (Å²) in [4.78, 5) is 18.3. The standard InChI is InChI=1S/C16H22ClF3N4O/c1-4-21-15(22-9-14(25)24(3)11-16(18,19)20)23(2)10-12-7-5-6-8-13(12)17/h5-8H,4,9-11H2,1-3H3,(H,21,22). The molecular weight excluding hydrogens is 357 g/mol. The highest BCUT2D eigenvalue weighted by molar-refractivity contribution is 6.31. The Morgan fingerprint density at radius 3 is 2.44 bits per heavy atom. The summed E-state index contributed by atoms with van der Waals surface area (Å²) in [5, 5.41) is 3.61. The van der Waals surface area contributed by atoms with Gasteiger partial charge in [0.2, 0.25) is 5.91 Å². The van der Waals surface area contributed by atoms with Gasteiger partial charge in [-0.3, -0.25) is 4.79 Å². The van der Waals surface area contributed by atoms with Crippen LogP contribution >= 0.6 is 11.6 Å². The predicted octanol–water partition coefficient (Wildman–Crippen LogP) is 2.76. The highest BCUT2D eigenvalue weighted by Crippen LogP contribution is 2.17. The van der Waals surface area contributed by atoms with Gasteiger partial charge in [-0.1, -0.05) is 29.8 Å². The first-order valence-corrected chi connectivity index (χ1v) is 8.05. The van der Waals surface area contributed by atoms with Crippen molar-refractivity contribution in [2.24, 2.45) is 4.99 Å². The van der Waals surface area contributed by atoms with Crippen LogP contribution in [0, 0.1) is 0 Å². The number of aliphatic imine (C=N–C) groups is 1. The molecule has 1 aromatic rings. The van der Waals surface area contributed by atoms with Gasteiger partial charge in [-0.2, -0.15) is 13.2 Å². The number of nitrogens with zero attached hydrogens (tertiary/aromatic N) is 3. The van der Waals surface area contributed by atoms with Crippen LogP contribution < -0.4 is 5.32 Å². The summed E-state index contributed by atoms with van der Waals surface area (Å²) in [5.41, 5.74) is 0.873. The second-order valence-electron chi connectivity index (χ2n) is 5.48. The molecule has 0 bridgehead atoms. The lowest BCUT2D eigenvalue weighted by molar-refractivity contribution is -0.157. The van der Waals surface area contributed by atoms with E-state index in [2.05, 4.69) is 10.3 Å². The largest absolute Gasteiger partial charge is 0.406 e. The molecule has 1 rings (SSSR count). The van der Waals surface area contributed by atoms with Gasteiger partial charge in [0.15, 0.2) is 5.96 Å². The van der Waals surface area contributed by atoms with Crippen molar-refractivity contribution < 1.29 is 18.0 Å². The first-order chi connectivity index (χ1) is 11.6. The Balaban J connectivity index is 2.75. The topological polar surface area (TPSA) is 47.9 Å². The molecule has 5 nitrogen and oxygen atoms in total. The fourth-order valence-corrected chi connectivity index (χ4v) is 2.24. The molecule has 140 valence electrons. The quantitative estimate of drug-likeness (QED) is 0.611. The average molecular weight is 379 g/mol. The minimum atomic E-state index is -4.43. The molecular formula is C16H22ClF3N4O. The molecule has 0 aliphatic heterocycles. The number of nitrogens with one attached hydrogen (secondary N) is 1. The summed E-state index contributed by atoms with van der Waals surface area (Å²) in [6, 6.07) is 7.31.